The minimum atomic E-state index is -0.861. The summed E-state index contributed by atoms with van der Waals surface area (Å²) in [6.45, 7) is 4.85. The van der Waals surface area contributed by atoms with Gasteiger partial charge in [-0.05, 0) is 89.9 Å². The first-order valence-electron chi connectivity index (χ1n) is 31.4. The van der Waals surface area contributed by atoms with Crippen LogP contribution in [0.1, 0.15) is 328 Å². The van der Waals surface area contributed by atoms with E-state index in [-0.39, 0.29) is 18.5 Å². The second-order valence-electron chi connectivity index (χ2n) is 21.4. The molecule has 416 valence electrons. The van der Waals surface area contributed by atoms with Crippen molar-refractivity contribution in [1.82, 2.24) is 5.32 Å². The number of carbonyl (C=O) groups is 2. The smallest absolute Gasteiger partial charge is 0.305 e. The van der Waals surface area contributed by atoms with Gasteiger partial charge in [-0.2, -0.15) is 0 Å². The molecular formula is C65H121NO5. The van der Waals surface area contributed by atoms with Gasteiger partial charge in [0.25, 0.3) is 0 Å². The van der Waals surface area contributed by atoms with Gasteiger partial charge in [0.1, 0.15) is 0 Å². The molecule has 2 unspecified atom stereocenters. The number of aliphatic hydroxyl groups excluding tert-OH is 2. The van der Waals surface area contributed by atoms with Crippen molar-refractivity contribution >= 4 is 11.9 Å². The minimum Gasteiger partial charge on any atom is -0.466 e. The number of hydrogen-bond donors (Lipinski definition) is 3. The van der Waals surface area contributed by atoms with Crippen molar-refractivity contribution in [3.05, 3.63) is 48.6 Å². The topological polar surface area (TPSA) is 95.9 Å². The average molecular weight is 997 g/mol. The lowest BCUT2D eigenvalue weighted by atomic mass is 10.0. The van der Waals surface area contributed by atoms with Crippen LogP contribution in [0.15, 0.2) is 48.6 Å². The molecule has 0 aliphatic rings. The fourth-order valence-electron chi connectivity index (χ4n) is 9.50. The monoisotopic (exact) mass is 996 g/mol. The molecule has 0 aliphatic heterocycles. The second kappa shape index (κ2) is 60.4. The molecule has 0 fully saturated rings. The number of amides is 1. The zero-order valence-corrected chi connectivity index (χ0v) is 47.5. The van der Waals surface area contributed by atoms with Crippen LogP contribution in [0, 0.1) is 0 Å². The van der Waals surface area contributed by atoms with Crippen molar-refractivity contribution in [2.24, 2.45) is 0 Å². The van der Waals surface area contributed by atoms with Gasteiger partial charge in [-0.1, -0.05) is 274 Å². The fourth-order valence-corrected chi connectivity index (χ4v) is 9.50. The average Bonchev–Trinajstić information content (AvgIpc) is 3.37. The van der Waals surface area contributed by atoms with Crippen molar-refractivity contribution in [3.63, 3.8) is 0 Å². The zero-order valence-electron chi connectivity index (χ0n) is 47.5. The minimum absolute atomic E-state index is 0.0306. The quantitative estimate of drug-likeness (QED) is 0.0244. The van der Waals surface area contributed by atoms with Gasteiger partial charge in [-0.3, -0.25) is 9.59 Å². The van der Waals surface area contributed by atoms with Gasteiger partial charge in [0.15, 0.2) is 0 Å². The summed E-state index contributed by atoms with van der Waals surface area (Å²) < 4.78 is 5.45. The molecule has 0 heterocycles. The molecule has 0 aromatic carbocycles. The maximum atomic E-state index is 12.5. The highest BCUT2D eigenvalue weighted by Crippen LogP contribution is 2.17. The molecular weight excluding hydrogens is 875 g/mol. The number of aliphatic hydroxyl groups is 2. The summed E-state index contributed by atoms with van der Waals surface area (Å²) in [5.74, 6) is -0.119. The summed E-state index contributed by atoms with van der Waals surface area (Å²) in [5.41, 5.74) is 0. The molecule has 0 aromatic rings. The second-order valence-corrected chi connectivity index (χ2v) is 21.4. The van der Waals surface area contributed by atoms with Crippen LogP contribution in [0.2, 0.25) is 0 Å². The van der Waals surface area contributed by atoms with E-state index in [1.807, 2.05) is 6.08 Å². The van der Waals surface area contributed by atoms with Crippen molar-refractivity contribution in [1.29, 1.82) is 0 Å². The maximum absolute atomic E-state index is 12.5. The summed E-state index contributed by atoms with van der Waals surface area (Å²) in [6, 6.07) is -0.647. The highest BCUT2D eigenvalue weighted by atomic mass is 16.5. The van der Waals surface area contributed by atoms with Crippen molar-refractivity contribution in [3.8, 4) is 0 Å². The van der Waals surface area contributed by atoms with E-state index in [1.165, 1.54) is 225 Å². The van der Waals surface area contributed by atoms with Crippen molar-refractivity contribution < 1.29 is 24.5 Å². The molecule has 6 nitrogen and oxygen atoms in total. The van der Waals surface area contributed by atoms with Crippen LogP contribution < -0.4 is 5.32 Å². The number of rotatable bonds is 58. The normalized spacial score (nSPS) is 12.9. The van der Waals surface area contributed by atoms with E-state index in [0.29, 0.717) is 19.4 Å². The van der Waals surface area contributed by atoms with Gasteiger partial charge in [0, 0.05) is 12.8 Å². The summed E-state index contributed by atoms with van der Waals surface area (Å²) in [4.78, 5) is 24.5. The van der Waals surface area contributed by atoms with Crippen LogP contribution >= 0.6 is 0 Å². The maximum Gasteiger partial charge on any atom is 0.305 e. The molecule has 3 N–H and O–H groups in total. The van der Waals surface area contributed by atoms with E-state index >= 15 is 0 Å². The molecule has 71 heavy (non-hydrogen) atoms. The Hall–Kier alpha value is -2.18. The Morgan fingerprint density at radius 2 is 0.704 bits per heavy atom. The lowest BCUT2D eigenvalue weighted by Gasteiger charge is -2.20. The zero-order chi connectivity index (χ0) is 51.4. The molecule has 0 aliphatic carbocycles. The Bertz CT molecular complexity index is 1190. The molecule has 0 spiro atoms. The van der Waals surface area contributed by atoms with Crippen LogP contribution in [0.5, 0.6) is 0 Å². The molecule has 2 atom stereocenters. The molecule has 0 rings (SSSR count). The highest BCUT2D eigenvalue weighted by Gasteiger charge is 2.18. The van der Waals surface area contributed by atoms with E-state index in [9.17, 15) is 19.8 Å². The Morgan fingerprint density at radius 1 is 0.394 bits per heavy atom. The number of unbranched alkanes of at least 4 members (excludes halogenated alkanes) is 42. The third-order valence-electron chi connectivity index (χ3n) is 14.3. The van der Waals surface area contributed by atoms with E-state index in [0.717, 1.165) is 77.0 Å². The van der Waals surface area contributed by atoms with Gasteiger partial charge in [-0.15, -0.1) is 0 Å². The standard InChI is InChI=1S/C65H121NO5/c1-3-5-7-9-11-13-15-17-19-20-21-22-23-24-25-26-27-30-33-37-41-45-49-53-57-63(68)62(61-67)66-64(69)58-54-50-46-42-38-34-31-28-32-36-40-44-48-52-56-60-71-65(70)59-55-51-47-43-39-35-29-18-16-14-12-10-8-6-4-2/h18,28-29,32,36,40,53,57,62-63,67-68H,3-17,19-27,30-31,33-35,37-39,41-52,54-56,58-61H2,1-2H3,(H,66,69)/b29-18-,32-28-,40-36-,57-53+. The lowest BCUT2D eigenvalue weighted by molar-refractivity contribution is -0.143. The number of esters is 1. The predicted molar refractivity (Wildman–Crippen MR) is 310 cm³/mol. The fraction of sp³-hybridized carbons (Fsp3) is 0.846. The largest absolute Gasteiger partial charge is 0.466 e. The van der Waals surface area contributed by atoms with Crippen LogP contribution in [0.3, 0.4) is 0 Å². The van der Waals surface area contributed by atoms with Crippen molar-refractivity contribution in [2.75, 3.05) is 13.2 Å². The van der Waals surface area contributed by atoms with Crippen LogP contribution in [0.4, 0.5) is 0 Å². The molecule has 0 radical (unpaired) electrons. The van der Waals surface area contributed by atoms with Crippen LogP contribution in [0.25, 0.3) is 0 Å². The van der Waals surface area contributed by atoms with E-state index in [4.69, 9.17) is 4.74 Å². The first-order chi connectivity index (χ1) is 35.0. The number of hydrogen-bond acceptors (Lipinski definition) is 5. The number of carbonyl (C=O) groups excluding carboxylic acids is 2. The third kappa shape index (κ3) is 57.0. The first-order valence-corrected chi connectivity index (χ1v) is 31.4. The summed E-state index contributed by atoms with van der Waals surface area (Å²) >= 11 is 0. The summed E-state index contributed by atoms with van der Waals surface area (Å²) in [6.07, 6.45) is 77.2. The summed E-state index contributed by atoms with van der Waals surface area (Å²) in [5, 5.41) is 23.2. The molecule has 6 heteroatoms. The Morgan fingerprint density at radius 3 is 1.08 bits per heavy atom. The van der Waals surface area contributed by atoms with Gasteiger partial charge in [0.2, 0.25) is 5.91 Å². The Labute approximate surface area is 442 Å². The Kier molecular flexibility index (Phi) is 58.5. The third-order valence-corrected chi connectivity index (χ3v) is 14.3. The van der Waals surface area contributed by atoms with Crippen LogP contribution in [-0.4, -0.2) is 47.4 Å². The van der Waals surface area contributed by atoms with Gasteiger partial charge in [-0.25, -0.2) is 0 Å². The van der Waals surface area contributed by atoms with Crippen LogP contribution in [-0.2, 0) is 14.3 Å². The molecule has 1 amide bonds. The lowest BCUT2D eigenvalue weighted by Crippen LogP contribution is -2.45. The number of allylic oxidation sites excluding steroid dienone is 7. The first kappa shape index (κ1) is 68.8. The Balaban J connectivity index is 3.54. The van der Waals surface area contributed by atoms with Gasteiger partial charge in [0.05, 0.1) is 25.4 Å². The predicted octanol–water partition coefficient (Wildman–Crippen LogP) is 19.7. The number of ether oxygens (including phenoxy) is 1. The van der Waals surface area contributed by atoms with E-state index in [1.54, 1.807) is 6.08 Å². The van der Waals surface area contributed by atoms with Gasteiger partial charge >= 0.3 is 5.97 Å². The SMILES string of the molecule is CCCCCCCC/C=C\CCCCCCCC(=O)OCCCCC/C=C\C=C/CCCCCCCCC(=O)NC(CO)C(O)/C=C/CCCCCCCCCCCCCCCCCCCCCCCC. The molecule has 0 saturated heterocycles. The molecule has 0 aromatic heterocycles. The number of nitrogens with one attached hydrogen (secondary N) is 1. The van der Waals surface area contributed by atoms with E-state index < -0.39 is 12.1 Å². The van der Waals surface area contributed by atoms with Gasteiger partial charge < -0.3 is 20.3 Å². The molecule has 0 saturated carbocycles. The van der Waals surface area contributed by atoms with Crippen molar-refractivity contribution in [2.45, 2.75) is 341 Å². The summed E-state index contributed by atoms with van der Waals surface area (Å²) in [7, 11) is 0. The van der Waals surface area contributed by atoms with E-state index in [2.05, 4.69) is 55.6 Å². The molecule has 0 bridgehead atoms. The highest BCUT2D eigenvalue weighted by molar-refractivity contribution is 5.76.